The number of rotatable bonds is 3. The first kappa shape index (κ1) is 22.0. The number of ether oxygens (including phenoxy) is 1. The van der Waals surface area contributed by atoms with Crippen LogP contribution in [0.2, 0.25) is 0 Å². The average molecular weight is 728 g/mol. The molecule has 0 aliphatic rings. The van der Waals surface area contributed by atoms with Crippen LogP contribution in [0, 0.1) is 34.0 Å². The molecule has 0 fully saturated rings. The molecule has 0 spiro atoms. The fourth-order valence-corrected chi connectivity index (χ4v) is 4.72. The molecule has 26 heavy (non-hydrogen) atoms. The Morgan fingerprint density at radius 1 is 0.923 bits per heavy atom. The molecule has 0 aliphatic heterocycles. The number of benzene rings is 2. The van der Waals surface area contributed by atoms with Gasteiger partial charge in [-0.15, -0.1) is 0 Å². The molecule has 0 bridgehead atoms. The van der Waals surface area contributed by atoms with E-state index < -0.39 is 50.0 Å². The SMILES string of the molecule is O=C(Oc1c(F)c(F)c(S(=O)(=O)O)c(F)c1F)c1c(I)ccc(I)c1I. The second kappa shape index (κ2) is 8.00. The molecule has 0 saturated heterocycles. The summed E-state index contributed by atoms with van der Waals surface area (Å²) in [5.41, 5.74) is -0.100. The van der Waals surface area contributed by atoms with Crippen molar-refractivity contribution in [3.63, 3.8) is 0 Å². The van der Waals surface area contributed by atoms with Crippen molar-refractivity contribution in [3.8, 4) is 5.75 Å². The minimum absolute atomic E-state index is 0.100. The third-order valence-electron chi connectivity index (χ3n) is 2.88. The molecule has 140 valence electrons. The van der Waals surface area contributed by atoms with Crippen LogP contribution in [0.3, 0.4) is 0 Å². The lowest BCUT2D eigenvalue weighted by Gasteiger charge is -2.12. The normalized spacial score (nSPS) is 11.5. The fraction of sp³-hybridized carbons (Fsp3) is 0. The fourth-order valence-electron chi connectivity index (χ4n) is 1.77. The van der Waals surface area contributed by atoms with Crippen molar-refractivity contribution in [2.45, 2.75) is 4.90 Å². The molecule has 2 rings (SSSR count). The Bertz CT molecular complexity index is 1010. The summed E-state index contributed by atoms with van der Waals surface area (Å²) in [5, 5.41) is 0. The van der Waals surface area contributed by atoms with E-state index in [1.807, 2.05) is 22.6 Å². The van der Waals surface area contributed by atoms with Gasteiger partial charge in [-0.2, -0.15) is 17.2 Å². The molecule has 13 heteroatoms. The Morgan fingerprint density at radius 3 is 1.85 bits per heavy atom. The van der Waals surface area contributed by atoms with Crippen LogP contribution >= 0.6 is 67.8 Å². The Hall–Kier alpha value is -0.270. The molecule has 2 aromatic carbocycles. The molecule has 0 amide bonds. The van der Waals surface area contributed by atoms with Gasteiger partial charge in [0.15, 0.2) is 16.5 Å². The van der Waals surface area contributed by atoms with Crippen LogP contribution < -0.4 is 4.74 Å². The Labute approximate surface area is 184 Å². The molecule has 0 radical (unpaired) electrons. The third kappa shape index (κ3) is 4.09. The van der Waals surface area contributed by atoms with Gasteiger partial charge in [0, 0.05) is 10.7 Å². The topological polar surface area (TPSA) is 80.7 Å². The highest BCUT2D eigenvalue weighted by atomic mass is 127. The van der Waals surface area contributed by atoms with Crippen molar-refractivity contribution >= 4 is 83.9 Å². The van der Waals surface area contributed by atoms with Crippen LogP contribution in [0.4, 0.5) is 17.6 Å². The molecule has 2 aromatic rings. The van der Waals surface area contributed by atoms with E-state index in [2.05, 4.69) is 4.74 Å². The smallest absolute Gasteiger partial charge is 0.345 e. The van der Waals surface area contributed by atoms with Gasteiger partial charge in [0.1, 0.15) is 0 Å². The Morgan fingerprint density at radius 2 is 1.38 bits per heavy atom. The van der Waals surface area contributed by atoms with E-state index in [-0.39, 0.29) is 5.56 Å². The van der Waals surface area contributed by atoms with Crippen molar-refractivity contribution in [2.75, 3.05) is 0 Å². The summed E-state index contributed by atoms with van der Waals surface area (Å²) in [6, 6.07) is 3.17. The summed E-state index contributed by atoms with van der Waals surface area (Å²) in [5.74, 6) is -12.5. The van der Waals surface area contributed by atoms with E-state index in [9.17, 15) is 30.8 Å². The lowest BCUT2D eigenvalue weighted by Crippen LogP contribution is -2.18. The van der Waals surface area contributed by atoms with Gasteiger partial charge in [-0.3, -0.25) is 4.55 Å². The van der Waals surface area contributed by atoms with Gasteiger partial charge >= 0.3 is 16.1 Å². The van der Waals surface area contributed by atoms with E-state index in [0.29, 0.717) is 10.7 Å². The first-order chi connectivity index (χ1) is 11.9. The van der Waals surface area contributed by atoms with Gasteiger partial charge in [0.2, 0.25) is 17.4 Å². The predicted molar refractivity (Wildman–Crippen MR) is 106 cm³/mol. The first-order valence-electron chi connectivity index (χ1n) is 6.07. The molecule has 0 aromatic heterocycles. The van der Waals surface area contributed by atoms with Crippen LogP contribution in [0.15, 0.2) is 17.0 Å². The molecule has 0 heterocycles. The van der Waals surface area contributed by atoms with Crippen LogP contribution in [-0.4, -0.2) is 18.9 Å². The number of carbonyl (C=O) groups excluding carboxylic acids is 1. The molecule has 0 atom stereocenters. The molecule has 0 unspecified atom stereocenters. The van der Waals surface area contributed by atoms with Crippen molar-refractivity contribution in [1.29, 1.82) is 0 Å². The summed E-state index contributed by atoms with van der Waals surface area (Å²) in [7, 11) is -5.60. The van der Waals surface area contributed by atoms with E-state index >= 15 is 0 Å². The van der Waals surface area contributed by atoms with Gasteiger partial charge in [0.25, 0.3) is 0 Å². The van der Waals surface area contributed by atoms with E-state index in [4.69, 9.17) is 4.55 Å². The molecule has 1 N–H and O–H groups in total. The molecule has 0 aliphatic carbocycles. The van der Waals surface area contributed by atoms with Crippen molar-refractivity contribution in [2.24, 2.45) is 0 Å². The van der Waals surface area contributed by atoms with Crippen molar-refractivity contribution in [3.05, 3.63) is 51.7 Å². The van der Waals surface area contributed by atoms with E-state index in [1.165, 1.54) is 6.07 Å². The number of hydrogen-bond donors (Lipinski definition) is 1. The highest BCUT2D eigenvalue weighted by Crippen LogP contribution is 2.34. The predicted octanol–water partition coefficient (Wildman–Crippen LogP) is 4.52. The lowest BCUT2D eigenvalue weighted by molar-refractivity contribution is 0.0714. The highest BCUT2D eigenvalue weighted by Gasteiger charge is 2.34. The molecule has 0 saturated carbocycles. The second-order valence-corrected chi connectivity index (χ2v) is 9.26. The summed E-state index contributed by atoms with van der Waals surface area (Å²) in [6.45, 7) is 0. The summed E-state index contributed by atoms with van der Waals surface area (Å²) < 4.78 is 91.7. The summed E-state index contributed by atoms with van der Waals surface area (Å²) >= 11 is 5.41. The number of esters is 1. The van der Waals surface area contributed by atoms with Gasteiger partial charge in [0.05, 0.1) is 5.56 Å². The van der Waals surface area contributed by atoms with Gasteiger partial charge in [-0.05, 0) is 79.9 Å². The zero-order valence-electron chi connectivity index (χ0n) is 11.8. The maximum Gasteiger partial charge on any atom is 0.345 e. The zero-order chi connectivity index (χ0) is 20.0. The van der Waals surface area contributed by atoms with Gasteiger partial charge in [-0.25, -0.2) is 13.6 Å². The van der Waals surface area contributed by atoms with Crippen LogP contribution in [-0.2, 0) is 10.1 Å². The monoisotopic (exact) mass is 728 g/mol. The molecule has 5 nitrogen and oxygen atoms in total. The molecular formula is C13H3F4I3O5S. The lowest BCUT2D eigenvalue weighted by atomic mass is 10.2. The van der Waals surface area contributed by atoms with Gasteiger partial charge < -0.3 is 4.74 Å². The first-order valence-corrected chi connectivity index (χ1v) is 10.7. The van der Waals surface area contributed by atoms with Crippen LogP contribution in [0.1, 0.15) is 10.4 Å². The zero-order valence-corrected chi connectivity index (χ0v) is 19.1. The van der Waals surface area contributed by atoms with Crippen LogP contribution in [0.25, 0.3) is 0 Å². The number of carbonyl (C=O) groups is 1. The standard InChI is InChI=1S/C13H3F4I3O5S/c14-6-8(16)12(26(22,23)24)9(17)7(15)11(6)25-13(21)5-3(18)1-2-4(19)10(5)20/h1-2H,(H,22,23,24). The quantitative estimate of drug-likeness (QED) is 0.126. The number of hydrogen-bond acceptors (Lipinski definition) is 4. The molecular weight excluding hydrogens is 725 g/mol. The van der Waals surface area contributed by atoms with Crippen LogP contribution in [0.5, 0.6) is 5.75 Å². The van der Waals surface area contributed by atoms with Gasteiger partial charge in [-0.1, -0.05) is 0 Å². The highest BCUT2D eigenvalue weighted by molar-refractivity contribution is 14.1. The maximum absolute atomic E-state index is 14.0. The van der Waals surface area contributed by atoms with E-state index in [0.717, 1.165) is 0 Å². The number of halogens is 7. The van der Waals surface area contributed by atoms with E-state index in [1.54, 1.807) is 51.2 Å². The van der Waals surface area contributed by atoms with Crippen molar-refractivity contribution in [1.82, 2.24) is 0 Å². The minimum Gasteiger partial charge on any atom is -0.416 e. The average Bonchev–Trinajstić information content (AvgIpc) is 2.52. The minimum atomic E-state index is -5.60. The summed E-state index contributed by atoms with van der Waals surface area (Å²) in [6.07, 6.45) is 0. The largest absolute Gasteiger partial charge is 0.416 e. The third-order valence-corrected chi connectivity index (χ3v) is 7.71. The maximum atomic E-state index is 14.0. The van der Waals surface area contributed by atoms with Crippen molar-refractivity contribution < 1.29 is 40.1 Å². The summed E-state index contributed by atoms with van der Waals surface area (Å²) in [4.78, 5) is 10.0. The Balaban J connectivity index is 2.63. The second-order valence-electron chi connectivity index (χ2n) is 4.50. The Kier molecular flexibility index (Phi) is 6.77.